The van der Waals surface area contributed by atoms with E-state index in [1.165, 1.54) is 5.56 Å². The van der Waals surface area contributed by atoms with Crippen molar-refractivity contribution < 1.29 is 14.3 Å². The fourth-order valence-electron chi connectivity index (χ4n) is 4.57. The van der Waals surface area contributed by atoms with E-state index in [4.69, 9.17) is 9.47 Å². The summed E-state index contributed by atoms with van der Waals surface area (Å²) in [5.74, 6) is 1.72. The average molecular weight is 403 g/mol. The standard InChI is InChI=1S/C24H25N3O3/c1-24(14-17-3-8-21-22(13-17)30-16-29-21)10-2-12-27(15-24)23(28)19-6-4-18(5-7-19)20-9-11-25-26-20/h3-9,11,13H,2,10,12,14-16H2,1H3,(H,25,26)/t24-/m1/s1. The first-order valence-electron chi connectivity index (χ1n) is 10.4. The summed E-state index contributed by atoms with van der Waals surface area (Å²) < 4.78 is 10.9. The molecule has 2 aliphatic heterocycles. The van der Waals surface area contributed by atoms with E-state index < -0.39 is 0 Å². The number of aromatic nitrogens is 2. The molecule has 30 heavy (non-hydrogen) atoms. The number of rotatable bonds is 4. The fraction of sp³-hybridized carbons (Fsp3) is 0.333. The van der Waals surface area contributed by atoms with Crippen molar-refractivity contribution in [1.29, 1.82) is 0 Å². The quantitative estimate of drug-likeness (QED) is 0.706. The van der Waals surface area contributed by atoms with Crippen LogP contribution in [0.25, 0.3) is 11.3 Å². The molecule has 0 bridgehead atoms. The highest BCUT2D eigenvalue weighted by molar-refractivity contribution is 5.94. The van der Waals surface area contributed by atoms with Crippen molar-refractivity contribution in [2.75, 3.05) is 19.9 Å². The molecule has 0 unspecified atom stereocenters. The van der Waals surface area contributed by atoms with Gasteiger partial charge in [-0.15, -0.1) is 0 Å². The minimum absolute atomic E-state index is 0.0392. The zero-order chi connectivity index (χ0) is 20.6. The summed E-state index contributed by atoms with van der Waals surface area (Å²) in [6.45, 7) is 4.12. The normalized spacial score (nSPS) is 20.4. The fourth-order valence-corrected chi connectivity index (χ4v) is 4.57. The topological polar surface area (TPSA) is 67.5 Å². The number of hydrogen-bond donors (Lipinski definition) is 1. The van der Waals surface area contributed by atoms with E-state index in [9.17, 15) is 4.79 Å². The number of fused-ring (bicyclic) bond motifs is 1. The van der Waals surface area contributed by atoms with E-state index in [1.807, 2.05) is 41.3 Å². The number of aromatic amines is 1. The monoisotopic (exact) mass is 403 g/mol. The van der Waals surface area contributed by atoms with Gasteiger partial charge in [0.15, 0.2) is 11.5 Å². The molecule has 0 radical (unpaired) electrons. The summed E-state index contributed by atoms with van der Waals surface area (Å²) in [7, 11) is 0. The number of carbonyl (C=O) groups excluding carboxylic acids is 1. The molecule has 5 rings (SSSR count). The Kier molecular flexibility index (Phi) is 4.69. The van der Waals surface area contributed by atoms with Crippen LogP contribution in [0.1, 0.15) is 35.7 Å². The minimum atomic E-state index is 0.0392. The molecule has 0 aliphatic carbocycles. The van der Waals surface area contributed by atoms with Gasteiger partial charge in [0.1, 0.15) is 0 Å². The van der Waals surface area contributed by atoms with Crippen LogP contribution < -0.4 is 9.47 Å². The molecule has 1 amide bonds. The summed E-state index contributed by atoms with van der Waals surface area (Å²) >= 11 is 0. The number of benzene rings is 2. The number of piperidine rings is 1. The van der Waals surface area contributed by atoms with E-state index in [2.05, 4.69) is 29.3 Å². The van der Waals surface area contributed by atoms with Crippen LogP contribution in [-0.4, -0.2) is 40.9 Å². The molecule has 1 aromatic heterocycles. The van der Waals surface area contributed by atoms with Crippen molar-refractivity contribution in [1.82, 2.24) is 15.1 Å². The molecule has 3 aromatic rings. The van der Waals surface area contributed by atoms with Crippen LogP contribution in [0.15, 0.2) is 54.7 Å². The molecule has 1 atom stereocenters. The first-order valence-corrected chi connectivity index (χ1v) is 10.4. The van der Waals surface area contributed by atoms with Gasteiger partial charge >= 0.3 is 0 Å². The Morgan fingerprint density at radius 3 is 2.77 bits per heavy atom. The van der Waals surface area contributed by atoms with Crippen LogP contribution in [0.4, 0.5) is 0 Å². The lowest BCUT2D eigenvalue weighted by molar-refractivity contribution is 0.0550. The maximum absolute atomic E-state index is 13.2. The van der Waals surface area contributed by atoms with Crippen molar-refractivity contribution >= 4 is 5.91 Å². The Morgan fingerprint density at radius 2 is 1.97 bits per heavy atom. The molecule has 154 valence electrons. The minimum Gasteiger partial charge on any atom is -0.454 e. The molecular weight excluding hydrogens is 378 g/mol. The molecule has 6 nitrogen and oxygen atoms in total. The van der Waals surface area contributed by atoms with Crippen molar-refractivity contribution in [3.8, 4) is 22.8 Å². The third-order valence-corrected chi connectivity index (χ3v) is 6.08. The average Bonchev–Trinajstić information content (AvgIpc) is 3.45. The zero-order valence-corrected chi connectivity index (χ0v) is 17.1. The highest BCUT2D eigenvalue weighted by Gasteiger charge is 2.34. The lowest BCUT2D eigenvalue weighted by atomic mass is 9.76. The maximum atomic E-state index is 13.2. The summed E-state index contributed by atoms with van der Waals surface area (Å²) in [5, 5.41) is 6.94. The summed E-state index contributed by atoms with van der Waals surface area (Å²) in [6.07, 6.45) is 4.75. The Morgan fingerprint density at radius 1 is 1.13 bits per heavy atom. The van der Waals surface area contributed by atoms with Crippen LogP contribution in [0.5, 0.6) is 11.5 Å². The molecule has 1 N–H and O–H groups in total. The SMILES string of the molecule is C[C@]1(Cc2ccc3c(c2)OCO3)CCCN(C(=O)c2ccc(-c3ccn[nH]3)cc2)C1. The number of nitrogens with zero attached hydrogens (tertiary/aromatic N) is 2. The second-order valence-electron chi connectivity index (χ2n) is 8.55. The van der Waals surface area contributed by atoms with Gasteiger partial charge < -0.3 is 14.4 Å². The van der Waals surface area contributed by atoms with Gasteiger partial charge in [-0.3, -0.25) is 9.89 Å². The largest absolute Gasteiger partial charge is 0.454 e. The Bertz CT molecular complexity index is 1050. The number of carbonyl (C=O) groups is 1. The van der Waals surface area contributed by atoms with E-state index in [1.54, 1.807) is 6.20 Å². The van der Waals surface area contributed by atoms with Crippen LogP contribution in [0.3, 0.4) is 0 Å². The van der Waals surface area contributed by atoms with Gasteiger partial charge in [0, 0.05) is 24.8 Å². The highest BCUT2D eigenvalue weighted by atomic mass is 16.7. The number of ether oxygens (including phenoxy) is 2. The van der Waals surface area contributed by atoms with E-state index in [-0.39, 0.29) is 18.1 Å². The van der Waals surface area contributed by atoms with Gasteiger partial charge in [-0.2, -0.15) is 5.10 Å². The van der Waals surface area contributed by atoms with Crippen molar-refractivity contribution in [3.05, 3.63) is 65.9 Å². The van der Waals surface area contributed by atoms with Gasteiger partial charge in [0.25, 0.3) is 5.91 Å². The van der Waals surface area contributed by atoms with Gasteiger partial charge in [0.05, 0.1) is 5.69 Å². The smallest absolute Gasteiger partial charge is 0.253 e. The molecule has 2 aliphatic rings. The Balaban J connectivity index is 1.29. The molecule has 0 saturated carbocycles. The van der Waals surface area contributed by atoms with Gasteiger partial charge in [-0.1, -0.05) is 25.1 Å². The third-order valence-electron chi connectivity index (χ3n) is 6.08. The van der Waals surface area contributed by atoms with Gasteiger partial charge in [-0.05, 0) is 66.1 Å². The van der Waals surface area contributed by atoms with E-state index in [0.29, 0.717) is 0 Å². The number of nitrogens with one attached hydrogen (secondary N) is 1. The molecule has 6 heteroatoms. The van der Waals surface area contributed by atoms with Gasteiger partial charge in [-0.25, -0.2) is 0 Å². The van der Waals surface area contributed by atoms with E-state index >= 15 is 0 Å². The first kappa shape index (κ1) is 18.7. The lowest BCUT2D eigenvalue weighted by Gasteiger charge is -2.41. The molecule has 2 aromatic carbocycles. The molecule has 0 spiro atoms. The number of H-pyrrole nitrogens is 1. The van der Waals surface area contributed by atoms with Crippen LogP contribution in [0.2, 0.25) is 0 Å². The van der Waals surface area contributed by atoms with Gasteiger partial charge in [0.2, 0.25) is 6.79 Å². The summed E-state index contributed by atoms with van der Waals surface area (Å²) in [6, 6.07) is 15.8. The maximum Gasteiger partial charge on any atom is 0.253 e. The molecular formula is C24H25N3O3. The molecule has 3 heterocycles. The number of amides is 1. The van der Waals surface area contributed by atoms with Crippen LogP contribution in [0, 0.1) is 5.41 Å². The van der Waals surface area contributed by atoms with Crippen LogP contribution >= 0.6 is 0 Å². The van der Waals surface area contributed by atoms with Crippen molar-refractivity contribution in [3.63, 3.8) is 0 Å². The van der Waals surface area contributed by atoms with E-state index in [0.717, 1.165) is 60.7 Å². The number of hydrogen-bond acceptors (Lipinski definition) is 4. The Hall–Kier alpha value is -3.28. The lowest BCUT2D eigenvalue weighted by Crippen LogP contribution is -2.45. The predicted molar refractivity (Wildman–Crippen MR) is 114 cm³/mol. The second kappa shape index (κ2) is 7.52. The van der Waals surface area contributed by atoms with Crippen molar-refractivity contribution in [2.45, 2.75) is 26.2 Å². The Labute approximate surface area is 175 Å². The molecule has 1 fully saturated rings. The number of likely N-dealkylation sites (tertiary alicyclic amines) is 1. The van der Waals surface area contributed by atoms with Crippen LogP contribution in [-0.2, 0) is 6.42 Å². The zero-order valence-electron chi connectivity index (χ0n) is 17.1. The molecule has 1 saturated heterocycles. The predicted octanol–water partition coefficient (Wildman–Crippen LogP) is 4.29. The summed E-state index contributed by atoms with van der Waals surface area (Å²) in [4.78, 5) is 15.2. The highest BCUT2D eigenvalue weighted by Crippen LogP contribution is 2.38. The van der Waals surface area contributed by atoms with Crippen molar-refractivity contribution in [2.24, 2.45) is 5.41 Å². The third kappa shape index (κ3) is 3.65. The summed E-state index contributed by atoms with van der Waals surface area (Å²) in [5.41, 5.74) is 3.96. The second-order valence-corrected chi connectivity index (χ2v) is 8.55. The first-order chi connectivity index (χ1) is 14.6.